The number of esters is 2. The largest absolute Gasteiger partial charge is 0.472 e. The van der Waals surface area contributed by atoms with E-state index in [0.29, 0.717) is 17.4 Å². The molecule has 0 bridgehead atoms. The number of ether oxygens (including phenoxy) is 2. The first-order chi connectivity index (χ1) is 39.0. The Morgan fingerprint density at radius 1 is 0.400 bits per heavy atom. The van der Waals surface area contributed by atoms with Crippen LogP contribution < -0.4 is 0 Å². The van der Waals surface area contributed by atoms with Crippen molar-refractivity contribution in [2.75, 3.05) is 47.5 Å². The summed E-state index contributed by atoms with van der Waals surface area (Å²) in [5.74, 6) is -0.814. The second kappa shape index (κ2) is 60.3. The summed E-state index contributed by atoms with van der Waals surface area (Å²) in [4.78, 5) is 35.8. The highest BCUT2D eigenvalue weighted by molar-refractivity contribution is 7.47. The summed E-state index contributed by atoms with van der Waals surface area (Å²) in [5, 5.41) is 0. The van der Waals surface area contributed by atoms with Crippen LogP contribution in [0.4, 0.5) is 0 Å². The lowest BCUT2D eigenvalue weighted by molar-refractivity contribution is -0.870. The van der Waals surface area contributed by atoms with Gasteiger partial charge in [-0.1, -0.05) is 264 Å². The molecular formula is C70H123NO8P+. The third-order valence-electron chi connectivity index (χ3n) is 13.8. The zero-order valence-electron chi connectivity index (χ0n) is 52.3. The lowest BCUT2D eigenvalue weighted by Crippen LogP contribution is -2.37. The Hall–Kier alpha value is -3.33. The van der Waals surface area contributed by atoms with Crippen molar-refractivity contribution in [3.63, 3.8) is 0 Å². The van der Waals surface area contributed by atoms with Gasteiger partial charge in [0.1, 0.15) is 19.8 Å². The van der Waals surface area contributed by atoms with Crippen molar-refractivity contribution in [2.45, 2.75) is 277 Å². The van der Waals surface area contributed by atoms with Gasteiger partial charge >= 0.3 is 19.8 Å². The first-order valence-corrected chi connectivity index (χ1v) is 34.1. The number of unbranched alkanes of at least 4 members (excludes halogenated alkanes) is 27. The summed E-state index contributed by atoms with van der Waals surface area (Å²) in [6.07, 6.45) is 84.6. The zero-order valence-corrected chi connectivity index (χ0v) is 53.2. The molecule has 2 unspecified atom stereocenters. The highest BCUT2D eigenvalue weighted by Crippen LogP contribution is 2.43. The van der Waals surface area contributed by atoms with Crippen molar-refractivity contribution in [3.8, 4) is 0 Å². The SMILES string of the molecule is CC/C=C\C/C=C\C/C=C\C/C=C\C/C=C\C/C=C\C/C=C\C/C=C\CCCCCCCCC(=O)OC(COC(=O)CCCCCCCCCCCCCCC/C=C\CCCCCCCCCC)COP(=O)(O)OCC[N+](C)(C)C. The molecule has 0 rings (SSSR count). The maximum Gasteiger partial charge on any atom is 0.472 e. The van der Waals surface area contributed by atoms with Crippen LogP contribution in [0.25, 0.3) is 0 Å². The van der Waals surface area contributed by atoms with Crippen LogP contribution in [-0.2, 0) is 32.7 Å². The fourth-order valence-corrected chi connectivity index (χ4v) is 9.53. The lowest BCUT2D eigenvalue weighted by Gasteiger charge is -2.24. The van der Waals surface area contributed by atoms with Crippen LogP contribution >= 0.6 is 7.82 Å². The van der Waals surface area contributed by atoms with Crippen molar-refractivity contribution in [1.82, 2.24) is 0 Å². The number of nitrogens with zero attached hydrogens (tertiary/aromatic N) is 1. The number of quaternary nitrogens is 1. The second-order valence-electron chi connectivity index (χ2n) is 22.8. The molecule has 0 aromatic rings. The number of likely N-dealkylation sites (N-methyl/N-ethyl adjacent to an activating group) is 1. The average molecular weight is 1140 g/mol. The van der Waals surface area contributed by atoms with Gasteiger partial charge in [-0.3, -0.25) is 18.6 Å². The van der Waals surface area contributed by atoms with E-state index in [1.807, 2.05) is 21.1 Å². The number of phosphoric acid groups is 1. The Morgan fingerprint density at radius 2 is 0.713 bits per heavy atom. The van der Waals surface area contributed by atoms with E-state index in [2.05, 4.69) is 123 Å². The molecule has 0 aromatic heterocycles. The first kappa shape index (κ1) is 76.7. The van der Waals surface area contributed by atoms with Crippen LogP contribution in [0.1, 0.15) is 271 Å². The van der Waals surface area contributed by atoms with Crippen molar-refractivity contribution >= 4 is 19.8 Å². The Morgan fingerprint density at radius 3 is 1.07 bits per heavy atom. The van der Waals surface area contributed by atoms with E-state index in [9.17, 15) is 19.0 Å². The maximum absolute atomic E-state index is 12.9. The molecule has 0 aliphatic heterocycles. The van der Waals surface area contributed by atoms with E-state index in [0.717, 1.165) is 109 Å². The fraction of sp³-hybridized carbons (Fsp3) is 0.714. The summed E-state index contributed by atoms with van der Waals surface area (Å²) < 4.78 is 34.6. The highest BCUT2D eigenvalue weighted by atomic mass is 31.2. The van der Waals surface area contributed by atoms with E-state index < -0.39 is 26.5 Å². The minimum atomic E-state index is -4.40. The van der Waals surface area contributed by atoms with Crippen LogP contribution in [0, 0.1) is 0 Å². The first-order valence-electron chi connectivity index (χ1n) is 32.6. The molecule has 0 saturated heterocycles. The molecule has 0 radical (unpaired) electrons. The Bertz CT molecular complexity index is 1720. The van der Waals surface area contributed by atoms with Gasteiger partial charge < -0.3 is 18.9 Å². The van der Waals surface area contributed by atoms with Crippen molar-refractivity contribution < 1.29 is 42.1 Å². The summed E-state index contributed by atoms with van der Waals surface area (Å²) in [7, 11) is 1.46. The van der Waals surface area contributed by atoms with E-state index in [-0.39, 0.29) is 32.0 Å². The lowest BCUT2D eigenvalue weighted by atomic mass is 10.0. The van der Waals surface area contributed by atoms with Gasteiger partial charge in [-0.05, 0) is 103 Å². The van der Waals surface area contributed by atoms with Gasteiger partial charge in [0.25, 0.3) is 0 Å². The molecule has 0 heterocycles. The Balaban J connectivity index is 4.17. The normalized spacial score (nSPS) is 13.9. The molecule has 460 valence electrons. The minimum absolute atomic E-state index is 0.0237. The van der Waals surface area contributed by atoms with Crippen molar-refractivity contribution in [3.05, 3.63) is 109 Å². The van der Waals surface area contributed by atoms with Crippen molar-refractivity contribution in [2.24, 2.45) is 0 Å². The zero-order chi connectivity index (χ0) is 58.4. The number of rotatable bonds is 59. The summed E-state index contributed by atoms with van der Waals surface area (Å²) in [5.41, 5.74) is 0. The van der Waals surface area contributed by atoms with Crippen LogP contribution in [0.2, 0.25) is 0 Å². The molecule has 10 heteroatoms. The minimum Gasteiger partial charge on any atom is -0.462 e. The van der Waals surface area contributed by atoms with Crippen LogP contribution in [0.3, 0.4) is 0 Å². The monoisotopic (exact) mass is 1140 g/mol. The maximum atomic E-state index is 12.9. The van der Waals surface area contributed by atoms with Gasteiger partial charge in [-0.15, -0.1) is 0 Å². The van der Waals surface area contributed by atoms with Crippen LogP contribution in [0.5, 0.6) is 0 Å². The number of hydrogen-bond acceptors (Lipinski definition) is 7. The van der Waals surface area contributed by atoms with Gasteiger partial charge in [0.2, 0.25) is 0 Å². The number of hydrogen-bond donors (Lipinski definition) is 1. The van der Waals surface area contributed by atoms with Gasteiger partial charge in [0.15, 0.2) is 6.10 Å². The van der Waals surface area contributed by atoms with Gasteiger partial charge in [-0.25, -0.2) is 4.57 Å². The molecule has 9 nitrogen and oxygen atoms in total. The molecule has 0 aromatic carbocycles. The molecule has 80 heavy (non-hydrogen) atoms. The van der Waals surface area contributed by atoms with E-state index in [1.54, 1.807) is 0 Å². The summed E-state index contributed by atoms with van der Waals surface area (Å²) in [6, 6.07) is 0. The topological polar surface area (TPSA) is 108 Å². The number of allylic oxidation sites excluding steroid dienone is 18. The standard InChI is InChI=1S/C70H122NO8P/c1-6-8-10-12-14-16-18-20-22-24-26-28-30-32-33-34-35-36-37-39-41-43-45-47-49-51-53-55-57-59-61-63-70(73)79-68(67-78-80(74,75)77-65-64-71(3,4)5)66-76-69(72)62-60-58-56-54-52-50-48-46-44-42-40-38-31-29-27-25-23-21-19-17-15-13-11-9-7-2/h8,10,14,16,20,22,25-28,32-33,35-36,39,41,45,47,68H,6-7,9,11-13,15,17-19,21,23-24,29-31,34,37-38,40,42-44,46,48-67H2,1-5H3/p+1/b10-8-,16-14-,22-20-,27-25-,28-26-,33-32-,36-35-,41-39-,47-45-. The number of phosphoric ester groups is 1. The predicted octanol–water partition coefficient (Wildman–Crippen LogP) is 20.9. The molecular weight excluding hydrogens is 1010 g/mol. The molecule has 2 atom stereocenters. The fourth-order valence-electron chi connectivity index (χ4n) is 8.79. The number of carbonyl (C=O) groups excluding carboxylic acids is 2. The second-order valence-corrected chi connectivity index (χ2v) is 24.2. The molecule has 0 aliphatic rings. The molecule has 0 fully saturated rings. The molecule has 0 aliphatic carbocycles. The molecule has 0 spiro atoms. The van der Waals surface area contributed by atoms with E-state index >= 15 is 0 Å². The summed E-state index contributed by atoms with van der Waals surface area (Å²) in [6.45, 7) is 4.32. The van der Waals surface area contributed by atoms with Crippen LogP contribution in [-0.4, -0.2) is 74.9 Å². The van der Waals surface area contributed by atoms with E-state index in [1.165, 1.54) is 128 Å². The molecule has 1 N–H and O–H groups in total. The Kier molecular flexibility index (Phi) is 57.8. The third-order valence-corrected chi connectivity index (χ3v) is 14.8. The van der Waals surface area contributed by atoms with Gasteiger partial charge in [0.05, 0.1) is 27.7 Å². The molecule has 0 saturated carbocycles. The average Bonchev–Trinajstić information content (AvgIpc) is 3.42. The highest BCUT2D eigenvalue weighted by Gasteiger charge is 2.27. The quantitative estimate of drug-likeness (QED) is 0.0211. The van der Waals surface area contributed by atoms with Crippen LogP contribution in [0.15, 0.2) is 109 Å². The number of carbonyl (C=O) groups is 2. The Labute approximate surface area is 493 Å². The third kappa shape index (κ3) is 63.8. The van der Waals surface area contributed by atoms with Gasteiger partial charge in [-0.2, -0.15) is 0 Å². The summed E-state index contributed by atoms with van der Waals surface area (Å²) >= 11 is 0. The molecule has 0 amide bonds. The van der Waals surface area contributed by atoms with Gasteiger partial charge in [0, 0.05) is 12.8 Å². The van der Waals surface area contributed by atoms with Crippen molar-refractivity contribution in [1.29, 1.82) is 0 Å². The smallest absolute Gasteiger partial charge is 0.462 e. The predicted molar refractivity (Wildman–Crippen MR) is 344 cm³/mol. The van der Waals surface area contributed by atoms with E-state index in [4.69, 9.17) is 18.5 Å².